The van der Waals surface area contributed by atoms with Gasteiger partial charge in [-0.05, 0) is 57.4 Å². The Labute approximate surface area is 153 Å². The molecule has 0 bridgehead atoms. The van der Waals surface area contributed by atoms with Gasteiger partial charge in [0.1, 0.15) is 11.4 Å². The number of rotatable bonds is 12. The second-order valence-corrected chi connectivity index (χ2v) is 6.76. The third-order valence-electron chi connectivity index (χ3n) is 4.39. The van der Waals surface area contributed by atoms with Crippen LogP contribution >= 0.6 is 0 Å². The second-order valence-electron chi connectivity index (χ2n) is 6.76. The monoisotopic (exact) mass is 349 g/mol. The van der Waals surface area contributed by atoms with Crippen molar-refractivity contribution in [3.8, 4) is 5.75 Å². The molecule has 0 aliphatic heterocycles. The Morgan fingerprint density at radius 2 is 1.84 bits per heavy atom. The van der Waals surface area contributed by atoms with Crippen molar-refractivity contribution < 1.29 is 14.3 Å². The third kappa shape index (κ3) is 7.07. The Bertz CT molecular complexity index is 530. The van der Waals surface area contributed by atoms with E-state index in [4.69, 9.17) is 9.47 Å². The van der Waals surface area contributed by atoms with Crippen molar-refractivity contribution in [1.82, 2.24) is 0 Å². The molecule has 0 aliphatic rings. The molecule has 1 aromatic rings. The summed E-state index contributed by atoms with van der Waals surface area (Å²) in [6.07, 6.45) is 6.12. The van der Waals surface area contributed by atoms with Crippen molar-refractivity contribution in [3.63, 3.8) is 0 Å². The van der Waals surface area contributed by atoms with Crippen molar-refractivity contribution in [3.05, 3.63) is 23.8 Å². The zero-order chi connectivity index (χ0) is 18.7. The molecule has 1 rings (SSSR count). The molecule has 0 aromatic heterocycles. The molecule has 0 saturated carbocycles. The molecule has 0 aliphatic carbocycles. The molecule has 1 aromatic carbocycles. The molecule has 0 radical (unpaired) electrons. The van der Waals surface area contributed by atoms with E-state index in [0.29, 0.717) is 6.61 Å². The molecule has 1 unspecified atom stereocenters. The lowest BCUT2D eigenvalue weighted by Crippen LogP contribution is -2.42. The quantitative estimate of drug-likeness (QED) is 0.508. The van der Waals surface area contributed by atoms with Gasteiger partial charge in [-0.2, -0.15) is 0 Å². The summed E-state index contributed by atoms with van der Waals surface area (Å²) in [7, 11) is 0. The molecular weight excluding hydrogens is 314 g/mol. The van der Waals surface area contributed by atoms with Crippen LogP contribution in [0.5, 0.6) is 5.75 Å². The summed E-state index contributed by atoms with van der Waals surface area (Å²) < 4.78 is 11.6. The number of benzene rings is 1. The van der Waals surface area contributed by atoms with Gasteiger partial charge in [-0.3, -0.25) is 4.79 Å². The molecule has 0 saturated heterocycles. The smallest absolute Gasteiger partial charge is 0.256 e. The lowest BCUT2D eigenvalue weighted by molar-refractivity contribution is -0.139. The summed E-state index contributed by atoms with van der Waals surface area (Å²) in [4.78, 5) is 12.8. The van der Waals surface area contributed by atoms with Gasteiger partial charge < -0.3 is 14.8 Å². The lowest BCUT2D eigenvalue weighted by atomic mass is 9.96. The van der Waals surface area contributed by atoms with Crippen molar-refractivity contribution in [1.29, 1.82) is 0 Å². The van der Waals surface area contributed by atoms with Gasteiger partial charge in [-0.1, -0.05) is 39.5 Å². The molecule has 142 valence electrons. The molecular formula is C21H35NO3. The van der Waals surface area contributed by atoms with Crippen LogP contribution in [0.2, 0.25) is 0 Å². The van der Waals surface area contributed by atoms with E-state index >= 15 is 0 Å². The highest BCUT2D eigenvalue weighted by Gasteiger charge is 2.33. The van der Waals surface area contributed by atoms with E-state index < -0.39 is 5.60 Å². The Balaban J connectivity index is 2.74. The molecule has 1 atom stereocenters. The van der Waals surface area contributed by atoms with E-state index in [0.717, 1.165) is 62.1 Å². The summed E-state index contributed by atoms with van der Waals surface area (Å²) >= 11 is 0. The highest BCUT2D eigenvalue weighted by molar-refractivity contribution is 5.97. The van der Waals surface area contributed by atoms with Crippen LogP contribution in [0.25, 0.3) is 0 Å². The summed E-state index contributed by atoms with van der Waals surface area (Å²) in [6, 6.07) is 5.78. The number of ether oxygens (including phenoxy) is 2. The summed E-state index contributed by atoms with van der Waals surface area (Å²) in [6.45, 7) is 11.4. The number of carbonyl (C=O) groups excluding carboxylic acids is 1. The number of anilines is 1. The molecule has 4 nitrogen and oxygen atoms in total. The molecule has 1 N–H and O–H groups in total. The van der Waals surface area contributed by atoms with Crippen LogP contribution in [0.4, 0.5) is 5.69 Å². The van der Waals surface area contributed by atoms with E-state index in [1.54, 1.807) is 0 Å². The topological polar surface area (TPSA) is 47.6 Å². The van der Waals surface area contributed by atoms with Crippen LogP contribution in [-0.2, 0) is 9.53 Å². The second kappa shape index (κ2) is 11.1. The Kier molecular flexibility index (Phi) is 9.58. The normalized spacial score (nSPS) is 13.3. The molecule has 25 heavy (non-hydrogen) atoms. The maximum atomic E-state index is 12.8. The predicted molar refractivity (Wildman–Crippen MR) is 104 cm³/mol. The Morgan fingerprint density at radius 3 is 2.44 bits per heavy atom. The van der Waals surface area contributed by atoms with Crippen molar-refractivity contribution in [2.24, 2.45) is 0 Å². The zero-order valence-corrected chi connectivity index (χ0v) is 16.6. The average molecular weight is 350 g/mol. The first-order valence-electron chi connectivity index (χ1n) is 9.65. The first kappa shape index (κ1) is 21.5. The van der Waals surface area contributed by atoms with Crippen molar-refractivity contribution >= 4 is 11.6 Å². The maximum Gasteiger partial charge on any atom is 0.256 e. The van der Waals surface area contributed by atoms with Gasteiger partial charge in [0.15, 0.2) is 0 Å². The summed E-state index contributed by atoms with van der Waals surface area (Å²) in [5, 5.41) is 3.01. The molecule has 1 amide bonds. The average Bonchev–Trinajstić information content (AvgIpc) is 2.57. The highest BCUT2D eigenvalue weighted by atomic mass is 16.5. The first-order chi connectivity index (χ1) is 12.0. The number of hydrogen-bond donors (Lipinski definition) is 1. The molecule has 4 heteroatoms. The first-order valence-corrected chi connectivity index (χ1v) is 9.65. The van der Waals surface area contributed by atoms with Gasteiger partial charge in [-0.25, -0.2) is 0 Å². The van der Waals surface area contributed by atoms with Crippen molar-refractivity contribution in [2.45, 2.75) is 78.7 Å². The molecule has 0 spiro atoms. The minimum Gasteiger partial charge on any atom is -0.493 e. The standard InChI is InChI=1S/C21H35NO3/c1-6-9-11-14-21(5,25-8-3)20(23)22-18-12-13-19(17(4)16-18)24-15-10-7-2/h12-13,16H,6-11,14-15H2,1-5H3,(H,22,23). The van der Waals surface area contributed by atoms with Crippen LogP contribution in [0, 0.1) is 6.92 Å². The SMILES string of the molecule is CCCCCC(C)(OCC)C(=O)Nc1ccc(OCCCC)c(C)c1. The fourth-order valence-corrected chi connectivity index (χ4v) is 2.76. The maximum absolute atomic E-state index is 12.8. The van der Waals surface area contributed by atoms with Gasteiger partial charge in [0, 0.05) is 12.3 Å². The van der Waals surface area contributed by atoms with E-state index in [9.17, 15) is 4.79 Å². The number of aryl methyl sites for hydroxylation is 1. The van der Waals surface area contributed by atoms with E-state index in [1.165, 1.54) is 0 Å². The Morgan fingerprint density at radius 1 is 1.12 bits per heavy atom. The predicted octanol–water partition coefficient (Wildman–Crippen LogP) is 5.49. The number of carbonyl (C=O) groups is 1. The van der Waals surface area contributed by atoms with E-state index in [-0.39, 0.29) is 5.91 Å². The van der Waals surface area contributed by atoms with Gasteiger partial charge in [0.05, 0.1) is 6.61 Å². The number of hydrogen-bond acceptors (Lipinski definition) is 3. The van der Waals surface area contributed by atoms with E-state index in [2.05, 4.69) is 19.2 Å². The van der Waals surface area contributed by atoms with Crippen LogP contribution < -0.4 is 10.1 Å². The van der Waals surface area contributed by atoms with Crippen LogP contribution in [0.3, 0.4) is 0 Å². The van der Waals surface area contributed by atoms with Gasteiger partial charge in [0.25, 0.3) is 5.91 Å². The molecule has 0 fully saturated rings. The summed E-state index contributed by atoms with van der Waals surface area (Å²) in [5.74, 6) is 0.798. The fraction of sp³-hybridized carbons (Fsp3) is 0.667. The molecule has 0 heterocycles. The van der Waals surface area contributed by atoms with Crippen LogP contribution in [-0.4, -0.2) is 24.7 Å². The lowest BCUT2D eigenvalue weighted by Gasteiger charge is -2.28. The van der Waals surface area contributed by atoms with Gasteiger partial charge in [-0.15, -0.1) is 0 Å². The van der Waals surface area contributed by atoms with Gasteiger partial charge >= 0.3 is 0 Å². The summed E-state index contributed by atoms with van der Waals surface area (Å²) in [5.41, 5.74) is 1.03. The van der Waals surface area contributed by atoms with Gasteiger partial charge in [0.2, 0.25) is 0 Å². The minimum atomic E-state index is -0.784. The number of nitrogens with one attached hydrogen (secondary N) is 1. The number of unbranched alkanes of at least 4 members (excludes halogenated alkanes) is 3. The largest absolute Gasteiger partial charge is 0.493 e. The third-order valence-corrected chi connectivity index (χ3v) is 4.39. The fourth-order valence-electron chi connectivity index (χ4n) is 2.76. The van der Waals surface area contributed by atoms with Crippen LogP contribution in [0.15, 0.2) is 18.2 Å². The van der Waals surface area contributed by atoms with Crippen LogP contribution in [0.1, 0.15) is 71.8 Å². The van der Waals surface area contributed by atoms with E-state index in [1.807, 2.05) is 39.0 Å². The Hall–Kier alpha value is -1.55. The number of amides is 1. The highest BCUT2D eigenvalue weighted by Crippen LogP contribution is 2.25. The van der Waals surface area contributed by atoms with Crippen molar-refractivity contribution in [2.75, 3.05) is 18.5 Å². The minimum absolute atomic E-state index is 0.0792. The zero-order valence-electron chi connectivity index (χ0n) is 16.6.